The lowest BCUT2D eigenvalue weighted by Crippen LogP contribution is -2.35. The monoisotopic (exact) mass is 538 g/mol. The highest BCUT2D eigenvalue weighted by molar-refractivity contribution is 6.35. The second kappa shape index (κ2) is 13.1. The number of likely N-dealkylation sites (N-methyl/N-ethyl adjacent to an activating group) is 1. The molecular weight excluding hydrogens is 496 g/mol. The molecule has 1 aromatic heterocycles. The molecular formula is C30H42N4O5. The van der Waals surface area contributed by atoms with Crippen LogP contribution >= 0.6 is 0 Å². The second-order valence-electron chi connectivity index (χ2n) is 10.1. The van der Waals surface area contributed by atoms with Crippen LogP contribution in [0.2, 0.25) is 0 Å². The Morgan fingerprint density at radius 3 is 2.44 bits per heavy atom. The van der Waals surface area contributed by atoms with Crippen LogP contribution in [0.4, 0.5) is 5.69 Å². The van der Waals surface area contributed by atoms with Gasteiger partial charge in [-0.25, -0.2) is 0 Å². The molecule has 3 unspecified atom stereocenters. The van der Waals surface area contributed by atoms with E-state index in [1.807, 2.05) is 33.8 Å². The fourth-order valence-electron chi connectivity index (χ4n) is 4.58. The van der Waals surface area contributed by atoms with Gasteiger partial charge in [-0.2, -0.15) is 0 Å². The average molecular weight is 539 g/mol. The topological polar surface area (TPSA) is 113 Å². The van der Waals surface area contributed by atoms with Gasteiger partial charge < -0.3 is 30.0 Å². The van der Waals surface area contributed by atoms with Gasteiger partial charge in [0.05, 0.1) is 17.2 Å². The van der Waals surface area contributed by atoms with Gasteiger partial charge in [0.15, 0.2) is 5.78 Å². The molecule has 0 spiro atoms. The summed E-state index contributed by atoms with van der Waals surface area (Å²) in [4.78, 5) is 42.9. The minimum Gasteiger partial charge on any atom is -0.488 e. The highest BCUT2D eigenvalue weighted by Gasteiger charge is 2.27. The van der Waals surface area contributed by atoms with E-state index in [2.05, 4.69) is 34.4 Å². The SMILES string of the molecule is CCN(CC)CCNC(=O)c1c(C)[nH]c(/C=C2\C(=O)Nc3ccc(OC(C)C(C)OC(C)C(C)=O)cc32)c1C. The molecule has 0 aliphatic carbocycles. The Balaban J connectivity index is 1.79. The zero-order chi connectivity index (χ0) is 28.9. The lowest BCUT2D eigenvalue weighted by atomic mass is 10.0. The first kappa shape index (κ1) is 30.1. The molecule has 1 aliphatic heterocycles. The van der Waals surface area contributed by atoms with Crippen molar-refractivity contribution in [2.45, 2.75) is 73.7 Å². The van der Waals surface area contributed by atoms with E-state index in [9.17, 15) is 14.4 Å². The van der Waals surface area contributed by atoms with E-state index in [1.165, 1.54) is 6.92 Å². The zero-order valence-corrected chi connectivity index (χ0v) is 24.4. The first-order valence-corrected chi connectivity index (χ1v) is 13.7. The van der Waals surface area contributed by atoms with Crippen LogP contribution in [0.3, 0.4) is 0 Å². The van der Waals surface area contributed by atoms with Crippen molar-refractivity contribution in [1.82, 2.24) is 15.2 Å². The standard InChI is InChI=1S/C30H42N4O5/c1-9-34(10-2)14-13-31-30(37)28-17(3)27(32-18(28)4)16-25-24-15-23(11-12-26(24)33-29(25)36)39-22(8)21(7)38-20(6)19(5)35/h11-12,15-16,20-22,32H,9-10,13-14H2,1-8H3,(H,31,37)(H,33,36)/b25-16-. The Labute approximate surface area is 231 Å². The third-order valence-electron chi connectivity index (χ3n) is 7.35. The largest absolute Gasteiger partial charge is 0.488 e. The highest BCUT2D eigenvalue weighted by Crippen LogP contribution is 2.36. The van der Waals surface area contributed by atoms with E-state index < -0.39 is 6.10 Å². The summed E-state index contributed by atoms with van der Waals surface area (Å²) in [6, 6.07) is 5.43. The van der Waals surface area contributed by atoms with Gasteiger partial charge in [-0.1, -0.05) is 13.8 Å². The molecule has 2 heterocycles. The van der Waals surface area contributed by atoms with Gasteiger partial charge in [-0.3, -0.25) is 14.4 Å². The molecule has 0 saturated heterocycles. The number of aromatic amines is 1. The number of ether oxygens (including phenoxy) is 2. The van der Waals surface area contributed by atoms with Crippen molar-refractivity contribution >= 4 is 34.9 Å². The predicted octanol–water partition coefficient (Wildman–Crippen LogP) is 4.35. The maximum Gasteiger partial charge on any atom is 0.256 e. The van der Waals surface area contributed by atoms with Crippen LogP contribution < -0.4 is 15.4 Å². The molecule has 0 fully saturated rings. The van der Waals surface area contributed by atoms with Gasteiger partial charge in [0.2, 0.25) is 0 Å². The van der Waals surface area contributed by atoms with Crippen LogP contribution in [0, 0.1) is 13.8 Å². The van der Waals surface area contributed by atoms with Crippen LogP contribution in [0.5, 0.6) is 5.75 Å². The quantitative estimate of drug-likeness (QED) is 0.327. The normalized spacial score (nSPS) is 16.1. The summed E-state index contributed by atoms with van der Waals surface area (Å²) in [5.41, 5.74) is 4.73. The van der Waals surface area contributed by atoms with Crippen LogP contribution in [0.25, 0.3) is 11.6 Å². The molecule has 9 nitrogen and oxygen atoms in total. The number of carbonyl (C=O) groups excluding carboxylic acids is 3. The van der Waals surface area contributed by atoms with Crippen molar-refractivity contribution in [2.75, 3.05) is 31.5 Å². The van der Waals surface area contributed by atoms with Crippen LogP contribution in [0.1, 0.15) is 74.4 Å². The molecule has 0 bridgehead atoms. The predicted molar refractivity (Wildman–Crippen MR) is 154 cm³/mol. The average Bonchev–Trinajstić information content (AvgIpc) is 3.35. The van der Waals surface area contributed by atoms with Crippen LogP contribution in [-0.4, -0.2) is 72.0 Å². The molecule has 2 amide bonds. The fraction of sp³-hybridized carbons (Fsp3) is 0.500. The number of aryl methyl sites for hydroxylation is 1. The first-order valence-electron chi connectivity index (χ1n) is 13.7. The number of hydrogen-bond acceptors (Lipinski definition) is 6. The molecule has 39 heavy (non-hydrogen) atoms. The van der Waals surface area contributed by atoms with Gasteiger partial charge in [-0.15, -0.1) is 0 Å². The van der Waals surface area contributed by atoms with Crippen molar-refractivity contribution in [2.24, 2.45) is 0 Å². The summed E-state index contributed by atoms with van der Waals surface area (Å²) in [6.45, 7) is 18.1. The molecule has 3 rings (SSSR count). The van der Waals surface area contributed by atoms with Crippen molar-refractivity contribution in [1.29, 1.82) is 0 Å². The summed E-state index contributed by atoms with van der Waals surface area (Å²) in [5.74, 6) is 0.191. The second-order valence-corrected chi connectivity index (χ2v) is 10.1. The third kappa shape index (κ3) is 7.16. The van der Waals surface area contributed by atoms with Crippen LogP contribution in [0.15, 0.2) is 18.2 Å². The Bertz CT molecular complexity index is 1240. The van der Waals surface area contributed by atoms with Gasteiger partial charge in [-0.05, 0) is 84.5 Å². The van der Waals surface area contributed by atoms with Crippen molar-refractivity contribution in [3.8, 4) is 5.75 Å². The summed E-state index contributed by atoms with van der Waals surface area (Å²) in [7, 11) is 0. The summed E-state index contributed by atoms with van der Waals surface area (Å²) < 4.78 is 11.9. The number of fused-ring (bicyclic) bond motifs is 1. The Hall–Kier alpha value is -3.43. The van der Waals surface area contributed by atoms with Crippen molar-refractivity contribution < 1.29 is 23.9 Å². The molecule has 3 N–H and O–H groups in total. The number of H-pyrrole nitrogens is 1. The van der Waals surface area contributed by atoms with Gasteiger partial charge in [0.25, 0.3) is 11.8 Å². The molecule has 2 aromatic rings. The number of Topliss-reactive ketones (excluding diaryl/α,β-unsaturated/α-hetero) is 1. The minimum absolute atomic E-state index is 0.0407. The van der Waals surface area contributed by atoms with E-state index >= 15 is 0 Å². The Morgan fingerprint density at radius 1 is 1.10 bits per heavy atom. The van der Waals surface area contributed by atoms with E-state index in [0.717, 1.165) is 30.9 Å². The molecule has 3 atom stereocenters. The number of anilines is 1. The summed E-state index contributed by atoms with van der Waals surface area (Å²) >= 11 is 0. The minimum atomic E-state index is -0.510. The first-order chi connectivity index (χ1) is 18.5. The van der Waals surface area contributed by atoms with E-state index in [4.69, 9.17) is 9.47 Å². The number of hydrogen-bond donors (Lipinski definition) is 3. The fourth-order valence-corrected chi connectivity index (χ4v) is 4.58. The van der Waals surface area contributed by atoms with Crippen molar-refractivity contribution in [3.05, 3.63) is 46.3 Å². The van der Waals surface area contributed by atoms with Crippen LogP contribution in [-0.2, 0) is 14.3 Å². The summed E-state index contributed by atoms with van der Waals surface area (Å²) in [5, 5.41) is 5.92. The number of carbonyl (C=O) groups is 3. The van der Waals surface area contributed by atoms with E-state index in [0.29, 0.717) is 40.4 Å². The molecule has 1 aromatic carbocycles. The molecule has 0 radical (unpaired) electrons. The van der Waals surface area contributed by atoms with Gasteiger partial charge in [0.1, 0.15) is 18.0 Å². The molecule has 0 saturated carbocycles. The lowest BCUT2D eigenvalue weighted by Gasteiger charge is -2.24. The van der Waals surface area contributed by atoms with E-state index in [-0.39, 0.29) is 29.8 Å². The summed E-state index contributed by atoms with van der Waals surface area (Å²) in [6.07, 6.45) is 0.639. The number of rotatable bonds is 13. The van der Waals surface area contributed by atoms with Gasteiger partial charge >= 0.3 is 0 Å². The lowest BCUT2D eigenvalue weighted by molar-refractivity contribution is -0.133. The number of nitrogens with zero attached hydrogens (tertiary/aromatic N) is 1. The maximum absolute atomic E-state index is 13.0. The van der Waals surface area contributed by atoms with Gasteiger partial charge in [0, 0.05) is 35.7 Å². The number of aromatic nitrogens is 1. The molecule has 9 heteroatoms. The smallest absolute Gasteiger partial charge is 0.256 e. The van der Waals surface area contributed by atoms with Crippen molar-refractivity contribution in [3.63, 3.8) is 0 Å². The third-order valence-corrected chi connectivity index (χ3v) is 7.35. The van der Waals surface area contributed by atoms with E-state index in [1.54, 1.807) is 25.1 Å². The maximum atomic E-state index is 13.0. The Morgan fingerprint density at radius 2 is 1.79 bits per heavy atom. The Kier molecular flexibility index (Phi) is 10.1. The zero-order valence-electron chi connectivity index (χ0n) is 24.4. The number of nitrogens with one attached hydrogen (secondary N) is 3. The molecule has 1 aliphatic rings. The highest BCUT2D eigenvalue weighted by atomic mass is 16.5. The number of ketones is 1. The number of benzene rings is 1. The number of amides is 2. The molecule has 212 valence electrons.